The second-order valence-corrected chi connectivity index (χ2v) is 8.21. The number of hydrogen-bond acceptors (Lipinski definition) is 6. The van der Waals surface area contributed by atoms with Crippen LogP contribution in [0.1, 0.15) is 35.2 Å². The smallest absolute Gasteiger partial charge is 0.257 e. The molecule has 7 heteroatoms. The highest BCUT2D eigenvalue weighted by atomic mass is 32.2. The summed E-state index contributed by atoms with van der Waals surface area (Å²) in [5.74, 6) is 0.627. The first-order chi connectivity index (χ1) is 12.2. The van der Waals surface area contributed by atoms with Crippen LogP contribution in [0, 0.1) is 0 Å². The molecule has 1 aromatic heterocycles. The van der Waals surface area contributed by atoms with Gasteiger partial charge in [-0.05, 0) is 43.6 Å². The van der Waals surface area contributed by atoms with Crippen LogP contribution >= 0.6 is 23.1 Å². The summed E-state index contributed by atoms with van der Waals surface area (Å²) in [7, 11) is 0. The van der Waals surface area contributed by atoms with E-state index in [0.29, 0.717) is 10.7 Å². The molecule has 1 aliphatic heterocycles. The molecule has 132 valence electrons. The Morgan fingerprint density at radius 1 is 1.24 bits per heavy atom. The molecule has 0 unspecified atom stereocenters. The van der Waals surface area contributed by atoms with Gasteiger partial charge in [-0.15, -0.1) is 16.8 Å². The number of benzene rings is 1. The third-order valence-electron chi connectivity index (χ3n) is 4.02. The quantitative estimate of drug-likeness (QED) is 0.450. The average Bonchev–Trinajstić information content (AvgIpc) is 3.08. The highest BCUT2D eigenvalue weighted by Gasteiger charge is 2.12. The first-order valence-electron chi connectivity index (χ1n) is 8.44. The number of anilines is 1. The normalized spacial score (nSPS) is 15.0. The lowest BCUT2D eigenvalue weighted by molar-refractivity contribution is 0.102. The van der Waals surface area contributed by atoms with Crippen molar-refractivity contribution in [3.63, 3.8) is 0 Å². The zero-order valence-corrected chi connectivity index (χ0v) is 15.7. The van der Waals surface area contributed by atoms with Crippen molar-refractivity contribution in [1.82, 2.24) is 15.1 Å². The molecule has 0 aliphatic carbocycles. The van der Waals surface area contributed by atoms with E-state index in [4.69, 9.17) is 0 Å². The van der Waals surface area contributed by atoms with Gasteiger partial charge in [0.2, 0.25) is 5.13 Å². The molecule has 1 amide bonds. The predicted octanol–water partition coefficient (Wildman–Crippen LogP) is 4.05. The molecule has 1 N–H and O–H groups in total. The van der Waals surface area contributed by atoms with E-state index in [9.17, 15) is 4.79 Å². The van der Waals surface area contributed by atoms with E-state index in [1.165, 1.54) is 49.3 Å². The minimum atomic E-state index is -0.152. The molecule has 0 spiro atoms. The number of carbonyl (C=O) groups is 1. The van der Waals surface area contributed by atoms with Gasteiger partial charge in [0.1, 0.15) is 0 Å². The molecule has 0 atom stereocenters. The first-order valence-corrected chi connectivity index (χ1v) is 10.2. The summed E-state index contributed by atoms with van der Waals surface area (Å²) in [5.41, 5.74) is 1.88. The van der Waals surface area contributed by atoms with Gasteiger partial charge in [-0.3, -0.25) is 15.0 Å². The van der Waals surface area contributed by atoms with Crippen molar-refractivity contribution in [3.8, 4) is 0 Å². The third-order valence-corrected chi connectivity index (χ3v) is 5.99. The molecule has 2 aromatic rings. The van der Waals surface area contributed by atoms with Crippen molar-refractivity contribution in [2.75, 3.05) is 24.2 Å². The van der Waals surface area contributed by atoms with Crippen molar-refractivity contribution in [1.29, 1.82) is 0 Å². The Bertz CT molecular complexity index is 708. The van der Waals surface area contributed by atoms with Crippen molar-refractivity contribution in [2.24, 2.45) is 0 Å². The summed E-state index contributed by atoms with van der Waals surface area (Å²) in [5, 5.41) is 11.4. The Morgan fingerprint density at radius 3 is 2.72 bits per heavy atom. The Morgan fingerprint density at radius 2 is 2.00 bits per heavy atom. The lowest BCUT2D eigenvalue weighted by atomic mass is 10.1. The molecule has 1 fully saturated rings. The average molecular weight is 375 g/mol. The lowest BCUT2D eigenvalue weighted by Gasteiger charge is -2.26. The highest BCUT2D eigenvalue weighted by molar-refractivity contribution is 8.01. The Kier molecular flexibility index (Phi) is 6.61. The molecule has 0 bridgehead atoms. The van der Waals surface area contributed by atoms with E-state index >= 15 is 0 Å². The molecule has 2 heterocycles. The number of amides is 1. The zero-order chi connectivity index (χ0) is 17.5. The lowest BCUT2D eigenvalue weighted by Crippen LogP contribution is -2.29. The number of nitrogens with one attached hydrogen (secondary N) is 1. The minimum absolute atomic E-state index is 0.152. The van der Waals surface area contributed by atoms with Crippen molar-refractivity contribution >= 4 is 34.1 Å². The van der Waals surface area contributed by atoms with Crippen LogP contribution in [0.15, 0.2) is 41.3 Å². The first kappa shape index (κ1) is 18.1. The number of aromatic nitrogens is 2. The van der Waals surface area contributed by atoms with E-state index < -0.39 is 0 Å². The van der Waals surface area contributed by atoms with Crippen LogP contribution in [-0.2, 0) is 6.54 Å². The van der Waals surface area contributed by atoms with Gasteiger partial charge in [0, 0.05) is 17.9 Å². The maximum Gasteiger partial charge on any atom is 0.257 e. The summed E-state index contributed by atoms with van der Waals surface area (Å²) in [6, 6.07) is 7.83. The second kappa shape index (κ2) is 9.12. The number of piperidine rings is 1. The fourth-order valence-electron chi connectivity index (χ4n) is 2.76. The third kappa shape index (κ3) is 5.39. The monoisotopic (exact) mass is 374 g/mol. The number of thioether (sulfide) groups is 1. The predicted molar refractivity (Wildman–Crippen MR) is 104 cm³/mol. The number of rotatable bonds is 7. The fourth-order valence-corrected chi connectivity index (χ4v) is 4.26. The molecular formula is C18H22N4OS2. The number of hydrogen-bond donors (Lipinski definition) is 1. The molecule has 1 aliphatic rings. The van der Waals surface area contributed by atoms with E-state index in [2.05, 4.69) is 27.0 Å². The van der Waals surface area contributed by atoms with Crippen LogP contribution in [-0.4, -0.2) is 39.8 Å². The van der Waals surface area contributed by atoms with E-state index in [1.807, 2.05) is 30.3 Å². The van der Waals surface area contributed by atoms with E-state index in [1.54, 1.807) is 11.8 Å². The summed E-state index contributed by atoms with van der Waals surface area (Å²) in [6.45, 7) is 6.98. The van der Waals surface area contributed by atoms with Crippen LogP contribution in [0.2, 0.25) is 0 Å². The maximum atomic E-state index is 12.3. The molecule has 0 radical (unpaired) electrons. The van der Waals surface area contributed by atoms with Gasteiger partial charge in [-0.25, -0.2) is 0 Å². The highest BCUT2D eigenvalue weighted by Crippen LogP contribution is 2.25. The van der Waals surface area contributed by atoms with Crippen LogP contribution in [0.3, 0.4) is 0 Å². The summed E-state index contributed by atoms with van der Waals surface area (Å²) < 4.78 is 0.826. The maximum absolute atomic E-state index is 12.3. The molecule has 3 rings (SSSR count). The van der Waals surface area contributed by atoms with Gasteiger partial charge >= 0.3 is 0 Å². The van der Waals surface area contributed by atoms with Crippen LogP contribution < -0.4 is 5.32 Å². The Labute approximate surface area is 156 Å². The van der Waals surface area contributed by atoms with Crippen molar-refractivity contribution in [3.05, 3.63) is 48.0 Å². The SMILES string of the molecule is C=CCSc1nnc(NC(=O)c2ccc(CN3CCCCC3)cc2)s1. The molecule has 1 aromatic carbocycles. The van der Waals surface area contributed by atoms with Crippen LogP contribution in [0.5, 0.6) is 0 Å². The molecule has 1 saturated heterocycles. The van der Waals surface area contributed by atoms with E-state index in [0.717, 1.165) is 16.6 Å². The fraction of sp³-hybridized carbons (Fsp3) is 0.389. The topological polar surface area (TPSA) is 58.1 Å². The summed E-state index contributed by atoms with van der Waals surface area (Å²) in [6.07, 6.45) is 5.73. The number of nitrogens with zero attached hydrogens (tertiary/aromatic N) is 3. The van der Waals surface area contributed by atoms with Gasteiger partial charge in [-0.2, -0.15) is 0 Å². The molecule has 25 heavy (non-hydrogen) atoms. The van der Waals surface area contributed by atoms with Gasteiger partial charge in [0.05, 0.1) is 0 Å². The summed E-state index contributed by atoms with van der Waals surface area (Å²) in [4.78, 5) is 14.8. The van der Waals surface area contributed by atoms with Crippen molar-refractivity contribution in [2.45, 2.75) is 30.1 Å². The Hall–Kier alpha value is -1.70. The second-order valence-electron chi connectivity index (χ2n) is 5.96. The zero-order valence-electron chi connectivity index (χ0n) is 14.1. The number of carbonyl (C=O) groups excluding carboxylic acids is 1. The van der Waals surface area contributed by atoms with Gasteiger partial charge in [0.25, 0.3) is 5.91 Å². The van der Waals surface area contributed by atoms with Crippen LogP contribution in [0.4, 0.5) is 5.13 Å². The Balaban J connectivity index is 1.54. The minimum Gasteiger partial charge on any atom is -0.299 e. The number of likely N-dealkylation sites (tertiary alicyclic amines) is 1. The van der Waals surface area contributed by atoms with Gasteiger partial charge in [0.15, 0.2) is 4.34 Å². The van der Waals surface area contributed by atoms with E-state index in [-0.39, 0.29) is 5.91 Å². The largest absolute Gasteiger partial charge is 0.299 e. The summed E-state index contributed by atoms with van der Waals surface area (Å²) >= 11 is 2.93. The van der Waals surface area contributed by atoms with Gasteiger partial charge < -0.3 is 0 Å². The van der Waals surface area contributed by atoms with Crippen molar-refractivity contribution < 1.29 is 4.79 Å². The van der Waals surface area contributed by atoms with Crippen LogP contribution in [0.25, 0.3) is 0 Å². The molecule has 0 saturated carbocycles. The van der Waals surface area contributed by atoms with Gasteiger partial charge in [-0.1, -0.05) is 47.7 Å². The molecular weight excluding hydrogens is 352 g/mol. The molecule has 5 nitrogen and oxygen atoms in total. The standard InChI is InChI=1S/C18H22N4OS2/c1-2-12-24-18-21-20-17(25-18)19-16(23)15-8-6-14(7-9-15)13-22-10-4-3-5-11-22/h2,6-9H,1,3-5,10-13H2,(H,19,20,23).